The van der Waals surface area contributed by atoms with Gasteiger partial charge in [-0.3, -0.25) is 0 Å². The van der Waals surface area contributed by atoms with Gasteiger partial charge in [0.25, 0.3) is 0 Å². The zero-order chi connectivity index (χ0) is 19.8. The van der Waals surface area contributed by atoms with Crippen molar-refractivity contribution in [2.45, 2.75) is 19.4 Å². The molecule has 0 radical (unpaired) electrons. The Bertz CT molecular complexity index is 950. The molecule has 0 saturated heterocycles. The molecule has 0 bridgehead atoms. The molecular weight excluding hydrogens is 354 g/mol. The number of carboxylic acids is 1. The van der Waals surface area contributed by atoms with Crippen LogP contribution in [0.25, 0.3) is 17.0 Å². The molecule has 0 aliphatic rings. The number of carbonyl (C=O) groups is 1. The number of nitrogens with zero attached hydrogens (tertiary/aromatic N) is 1. The molecule has 144 valence electrons. The Kier molecular flexibility index (Phi) is 6.76. The van der Waals surface area contributed by atoms with Crippen molar-refractivity contribution in [1.29, 1.82) is 0 Å². The van der Waals surface area contributed by atoms with Gasteiger partial charge < -0.3 is 14.6 Å². The van der Waals surface area contributed by atoms with Crippen molar-refractivity contribution < 1.29 is 19.4 Å². The van der Waals surface area contributed by atoms with Gasteiger partial charge in [0.15, 0.2) is 6.10 Å². The molecule has 0 unspecified atom stereocenters. The Balaban J connectivity index is 1.52. The molecule has 3 rings (SSSR count). The fraction of sp³-hybridized carbons (Fsp3) is 0.217. The van der Waals surface area contributed by atoms with Crippen molar-refractivity contribution in [3.8, 4) is 5.75 Å². The first-order chi connectivity index (χ1) is 13.7. The van der Waals surface area contributed by atoms with Crippen LogP contribution in [-0.2, 0) is 16.0 Å². The average Bonchev–Trinajstić information content (AvgIpc) is 2.72. The SMILES string of the molecule is CCO[C@@H](Cc1ccc(OC/C=C/c2ccc3ccccc3n2)cc1)C(=O)O. The van der Waals surface area contributed by atoms with Crippen molar-refractivity contribution in [3.63, 3.8) is 0 Å². The molecule has 1 atom stereocenters. The van der Waals surface area contributed by atoms with Gasteiger partial charge in [-0.25, -0.2) is 9.78 Å². The van der Waals surface area contributed by atoms with Crippen LogP contribution in [0.4, 0.5) is 0 Å². The Morgan fingerprint density at radius 3 is 2.64 bits per heavy atom. The van der Waals surface area contributed by atoms with Gasteiger partial charge in [0.05, 0.1) is 11.2 Å². The highest BCUT2D eigenvalue weighted by Gasteiger charge is 2.17. The zero-order valence-corrected chi connectivity index (χ0v) is 15.7. The normalized spacial score (nSPS) is 12.3. The van der Waals surface area contributed by atoms with E-state index in [1.807, 2.05) is 72.8 Å². The standard InChI is InChI=1S/C23H23NO4/c1-2-27-22(23(25)26)16-17-9-13-20(14-10-17)28-15-5-7-19-12-11-18-6-3-4-8-21(18)24-19/h3-14,22H,2,15-16H2,1H3,(H,25,26)/b7-5+/t22-/m0/s1. The number of carboxylic acid groups (broad SMARTS) is 1. The minimum atomic E-state index is -0.949. The lowest BCUT2D eigenvalue weighted by Gasteiger charge is -2.12. The number of benzene rings is 2. The van der Waals surface area contributed by atoms with Crippen LogP contribution in [0.3, 0.4) is 0 Å². The molecule has 5 nitrogen and oxygen atoms in total. The lowest BCUT2D eigenvalue weighted by atomic mass is 10.1. The maximum atomic E-state index is 11.2. The summed E-state index contributed by atoms with van der Waals surface area (Å²) >= 11 is 0. The predicted octanol–water partition coefficient (Wildman–Crippen LogP) is 4.36. The highest BCUT2D eigenvalue weighted by Crippen LogP contribution is 2.15. The first-order valence-corrected chi connectivity index (χ1v) is 9.24. The van der Waals surface area contributed by atoms with Crippen LogP contribution in [0, 0.1) is 0 Å². The van der Waals surface area contributed by atoms with Crippen LogP contribution in [0.15, 0.2) is 66.7 Å². The fourth-order valence-corrected chi connectivity index (χ4v) is 2.84. The fourth-order valence-electron chi connectivity index (χ4n) is 2.84. The Hall–Kier alpha value is -3.18. The van der Waals surface area contributed by atoms with Crippen molar-refractivity contribution in [2.75, 3.05) is 13.2 Å². The second-order valence-corrected chi connectivity index (χ2v) is 6.27. The summed E-state index contributed by atoms with van der Waals surface area (Å²) in [5.74, 6) is -0.224. The molecule has 1 aromatic heterocycles. The van der Waals surface area contributed by atoms with Crippen molar-refractivity contribution in [2.24, 2.45) is 0 Å². The third kappa shape index (κ3) is 5.41. The molecule has 3 aromatic rings. The zero-order valence-electron chi connectivity index (χ0n) is 15.7. The summed E-state index contributed by atoms with van der Waals surface area (Å²) in [7, 11) is 0. The van der Waals surface area contributed by atoms with E-state index in [1.165, 1.54) is 0 Å². The van der Waals surface area contributed by atoms with Crippen LogP contribution < -0.4 is 4.74 Å². The van der Waals surface area contributed by atoms with Gasteiger partial charge in [0.2, 0.25) is 0 Å². The number of pyridine rings is 1. The largest absolute Gasteiger partial charge is 0.490 e. The topological polar surface area (TPSA) is 68.7 Å². The van der Waals surface area contributed by atoms with Crippen molar-refractivity contribution in [3.05, 3.63) is 78.0 Å². The first-order valence-electron chi connectivity index (χ1n) is 9.24. The summed E-state index contributed by atoms with van der Waals surface area (Å²) in [4.78, 5) is 15.7. The Labute approximate surface area is 164 Å². The maximum absolute atomic E-state index is 11.2. The van der Waals surface area contributed by atoms with Crippen LogP contribution in [-0.4, -0.2) is 35.4 Å². The molecular formula is C23H23NO4. The third-order valence-corrected chi connectivity index (χ3v) is 4.24. The van der Waals surface area contributed by atoms with E-state index in [0.717, 1.165) is 27.9 Å². The Morgan fingerprint density at radius 2 is 1.89 bits per heavy atom. The van der Waals surface area contributed by atoms with E-state index >= 15 is 0 Å². The van der Waals surface area contributed by atoms with Gasteiger partial charge >= 0.3 is 5.97 Å². The Morgan fingerprint density at radius 1 is 1.11 bits per heavy atom. The number of para-hydroxylation sites is 1. The first kappa shape index (κ1) is 19.6. The summed E-state index contributed by atoms with van der Waals surface area (Å²) in [5.41, 5.74) is 2.74. The molecule has 0 aliphatic carbocycles. The molecule has 5 heteroatoms. The highest BCUT2D eigenvalue weighted by atomic mass is 16.5. The van der Waals surface area contributed by atoms with Gasteiger partial charge in [-0.15, -0.1) is 0 Å². The van der Waals surface area contributed by atoms with Gasteiger partial charge in [0.1, 0.15) is 12.4 Å². The number of hydrogen-bond donors (Lipinski definition) is 1. The number of rotatable bonds is 9. The third-order valence-electron chi connectivity index (χ3n) is 4.24. The number of fused-ring (bicyclic) bond motifs is 1. The second kappa shape index (κ2) is 9.67. The number of hydrogen-bond acceptors (Lipinski definition) is 4. The minimum Gasteiger partial charge on any atom is -0.490 e. The summed E-state index contributed by atoms with van der Waals surface area (Å²) in [6.45, 7) is 2.58. The lowest BCUT2D eigenvalue weighted by Crippen LogP contribution is -2.26. The van der Waals surface area contributed by atoms with Crippen LogP contribution in [0.2, 0.25) is 0 Å². The predicted molar refractivity (Wildman–Crippen MR) is 109 cm³/mol. The summed E-state index contributed by atoms with van der Waals surface area (Å²) in [5, 5.41) is 10.3. The van der Waals surface area contributed by atoms with Gasteiger partial charge in [-0.1, -0.05) is 36.4 Å². The molecule has 1 heterocycles. The van der Waals surface area contributed by atoms with Crippen molar-refractivity contribution >= 4 is 22.9 Å². The molecule has 0 amide bonds. The molecule has 0 aliphatic heterocycles. The smallest absolute Gasteiger partial charge is 0.333 e. The number of aromatic nitrogens is 1. The van der Waals surface area contributed by atoms with E-state index in [-0.39, 0.29) is 0 Å². The number of aliphatic carboxylic acids is 1. The van der Waals surface area contributed by atoms with E-state index < -0.39 is 12.1 Å². The molecule has 0 saturated carbocycles. The summed E-state index contributed by atoms with van der Waals surface area (Å²) < 4.78 is 10.9. The van der Waals surface area contributed by atoms with Gasteiger partial charge in [-0.2, -0.15) is 0 Å². The molecule has 1 N–H and O–H groups in total. The average molecular weight is 377 g/mol. The quantitative estimate of drug-likeness (QED) is 0.600. The maximum Gasteiger partial charge on any atom is 0.333 e. The van der Waals surface area contributed by atoms with E-state index in [9.17, 15) is 4.79 Å². The van der Waals surface area contributed by atoms with Crippen LogP contribution >= 0.6 is 0 Å². The van der Waals surface area contributed by atoms with Gasteiger partial charge in [0, 0.05) is 18.4 Å². The summed E-state index contributed by atoms with van der Waals surface area (Å²) in [6, 6.07) is 19.4. The van der Waals surface area contributed by atoms with E-state index in [0.29, 0.717) is 19.6 Å². The van der Waals surface area contributed by atoms with E-state index in [2.05, 4.69) is 4.98 Å². The van der Waals surface area contributed by atoms with E-state index in [1.54, 1.807) is 6.92 Å². The summed E-state index contributed by atoms with van der Waals surface area (Å²) in [6.07, 6.45) is 3.35. The molecule has 2 aromatic carbocycles. The van der Waals surface area contributed by atoms with Crippen LogP contribution in [0.1, 0.15) is 18.2 Å². The monoisotopic (exact) mass is 377 g/mol. The van der Waals surface area contributed by atoms with Gasteiger partial charge in [-0.05, 0) is 48.9 Å². The molecule has 28 heavy (non-hydrogen) atoms. The molecule has 0 spiro atoms. The van der Waals surface area contributed by atoms with Crippen LogP contribution in [0.5, 0.6) is 5.75 Å². The highest BCUT2D eigenvalue weighted by molar-refractivity contribution is 5.79. The lowest BCUT2D eigenvalue weighted by molar-refractivity contribution is -0.149. The minimum absolute atomic E-state index is 0.330. The number of ether oxygens (including phenoxy) is 2. The second-order valence-electron chi connectivity index (χ2n) is 6.27. The van der Waals surface area contributed by atoms with E-state index in [4.69, 9.17) is 14.6 Å². The van der Waals surface area contributed by atoms with Crippen molar-refractivity contribution in [1.82, 2.24) is 4.98 Å². The molecule has 0 fully saturated rings.